The smallest absolute Gasteiger partial charge is 0.277 e. The van der Waals surface area contributed by atoms with E-state index in [0.717, 1.165) is 23.4 Å². The van der Waals surface area contributed by atoms with E-state index in [-0.39, 0.29) is 11.7 Å². The van der Waals surface area contributed by atoms with E-state index < -0.39 is 0 Å². The normalized spacial score (nSPS) is 10.6. The molecule has 0 aliphatic heterocycles. The second-order valence-corrected chi connectivity index (χ2v) is 5.75. The monoisotopic (exact) mass is 325 g/mol. The van der Waals surface area contributed by atoms with Gasteiger partial charge >= 0.3 is 0 Å². The van der Waals surface area contributed by atoms with E-state index in [4.69, 9.17) is 16.0 Å². The van der Waals surface area contributed by atoms with Gasteiger partial charge in [-0.25, -0.2) is 0 Å². The van der Waals surface area contributed by atoms with Crippen molar-refractivity contribution in [2.24, 2.45) is 0 Å². The largest absolute Gasteiger partial charge is 0.416 e. The molecule has 0 fully saturated rings. The highest BCUT2D eigenvalue weighted by atomic mass is 35.5. The van der Waals surface area contributed by atoms with Crippen molar-refractivity contribution in [3.8, 4) is 0 Å². The van der Waals surface area contributed by atoms with E-state index >= 15 is 0 Å². The lowest BCUT2D eigenvalue weighted by molar-refractivity contribution is -0.118. The van der Waals surface area contributed by atoms with Crippen molar-refractivity contribution in [2.75, 3.05) is 12.3 Å². The van der Waals surface area contributed by atoms with Gasteiger partial charge in [-0.05, 0) is 24.5 Å². The van der Waals surface area contributed by atoms with E-state index in [9.17, 15) is 4.79 Å². The summed E-state index contributed by atoms with van der Waals surface area (Å²) in [5.41, 5.74) is 1.10. The summed E-state index contributed by atoms with van der Waals surface area (Å²) in [6, 6.07) is 7.74. The fourth-order valence-corrected chi connectivity index (χ4v) is 2.59. The molecular formula is C14H16ClN3O2S. The number of carbonyl (C=O) groups excluding carboxylic acids is 1. The van der Waals surface area contributed by atoms with Crippen molar-refractivity contribution < 1.29 is 9.21 Å². The second-order valence-electron chi connectivity index (χ2n) is 4.42. The molecule has 21 heavy (non-hydrogen) atoms. The Balaban J connectivity index is 1.62. The zero-order valence-corrected chi connectivity index (χ0v) is 13.2. The average molecular weight is 326 g/mol. The fourth-order valence-electron chi connectivity index (χ4n) is 1.72. The second kappa shape index (κ2) is 8.05. The number of aryl methyl sites for hydroxylation is 2. The van der Waals surface area contributed by atoms with Gasteiger partial charge in [0.1, 0.15) is 0 Å². The number of amides is 1. The van der Waals surface area contributed by atoms with E-state index in [1.807, 2.05) is 24.3 Å². The molecule has 7 heteroatoms. The third-order valence-electron chi connectivity index (χ3n) is 2.74. The number of halogens is 1. The summed E-state index contributed by atoms with van der Waals surface area (Å²) in [5.74, 6) is 0.723. The van der Waals surface area contributed by atoms with Crippen LogP contribution < -0.4 is 5.32 Å². The van der Waals surface area contributed by atoms with Gasteiger partial charge in [0, 0.05) is 18.5 Å². The van der Waals surface area contributed by atoms with Gasteiger partial charge in [-0.3, -0.25) is 4.79 Å². The highest BCUT2D eigenvalue weighted by molar-refractivity contribution is 7.99. The standard InChI is InChI=1S/C14H16ClN3O2S/c1-10-17-18-14(20-10)21-9-13(19)16-8-4-6-11-5-2-3-7-12(11)15/h2-3,5,7H,4,6,8-9H2,1H3,(H,16,19). The van der Waals surface area contributed by atoms with Crippen molar-refractivity contribution in [2.45, 2.75) is 25.0 Å². The molecule has 1 amide bonds. The number of benzene rings is 1. The van der Waals surface area contributed by atoms with Crippen LogP contribution in [0.15, 0.2) is 33.9 Å². The van der Waals surface area contributed by atoms with Crippen molar-refractivity contribution in [1.82, 2.24) is 15.5 Å². The number of aromatic nitrogens is 2. The van der Waals surface area contributed by atoms with Crippen molar-refractivity contribution >= 4 is 29.3 Å². The molecule has 5 nitrogen and oxygen atoms in total. The minimum Gasteiger partial charge on any atom is -0.416 e. The van der Waals surface area contributed by atoms with Gasteiger partial charge < -0.3 is 9.73 Å². The van der Waals surface area contributed by atoms with Crippen LogP contribution in [0.3, 0.4) is 0 Å². The highest BCUT2D eigenvalue weighted by Gasteiger charge is 2.07. The van der Waals surface area contributed by atoms with E-state index in [1.165, 1.54) is 11.8 Å². The lowest BCUT2D eigenvalue weighted by Gasteiger charge is -2.05. The molecule has 0 radical (unpaired) electrons. The first-order valence-electron chi connectivity index (χ1n) is 6.58. The molecule has 1 N–H and O–H groups in total. The summed E-state index contributed by atoms with van der Waals surface area (Å²) in [7, 11) is 0. The zero-order valence-electron chi connectivity index (χ0n) is 11.6. The highest BCUT2D eigenvalue weighted by Crippen LogP contribution is 2.16. The number of thioether (sulfide) groups is 1. The van der Waals surface area contributed by atoms with E-state index in [1.54, 1.807) is 6.92 Å². The molecule has 1 heterocycles. The Hall–Kier alpha value is -1.53. The lowest BCUT2D eigenvalue weighted by atomic mass is 10.1. The van der Waals surface area contributed by atoms with E-state index in [2.05, 4.69) is 15.5 Å². The van der Waals surface area contributed by atoms with Crippen LogP contribution in [0, 0.1) is 6.92 Å². The maximum atomic E-state index is 11.7. The first kappa shape index (κ1) is 15.9. The van der Waals surface area contributed by atoms with Gasteiger partial charge in [-0.15, -0.1) is 10.2 Å². The molecule has 1 aromatic carbocycles. The van der Waals surface area contributed by atoms with E-state index in [0.29, 0.717) is 17.7 Å². The molecule has 0 aliphatic carbocycles. The zero-order chi connectivity index (χ0) is 15.1. The first-order valence-corrected chi connectivity index (χ1v) is 7.94. The number of nitrogens with zero attached hydrogens (tertiary/aromatic N) is 2. The Bertz CT molecular complexity index is 603. The summed E-state index contributed by atoms with van der Waals surface area (Å²) in [5, 5.41) is 11.6. The maximum Gasteiger partial charge on any atom is 0.277 e. The number of nitrogens with one attached hydrogen (secondary N) is 1. The van der Waals surface area contributed by atoms with Gasteiger partial charge in [0.25, 0.3) is 5.22 Å². The molecule has 1 aromatic heterocycles. The molecule has 0 atom stereocenters. The third kappa shape index (κ3) is 5.40. The van der Waals surface area contributed by atoms with Crippen LogP contribution in [-0.4, -0.2) is 28.4 Å². The number of hydrogen-bond donors (Lipinski definition) is 1. The summed E-state index contributed by atoms with van der Waals surface area (Å²) in [6.45, 7) is 2.33. The average Bonchev–Trinajstić information content (AvgIpc) is 2.89. The Morgan fingerprint density at radius 1 is 1.38 bits per heavy atom. The minimum absolute atomic E-state index is 0.0463. The fraction of sp³-hybridized carbons (Fsp3) is 0.357. The Kier molecular flexibility index (Phi) is 6.07. The Morgan fingerprint density at radius 2 is 2.19 bits per heavy atom. The van der Waals surface area contributed by atoms with Crippen molar-refractivity contribution in [1.29, 1.82) is 0 Å². The van der Waals surface area contributed by atoms with Gasteiger partial charge in [0.15, 0.2) is 0 Å². The lowest BCUT2D eigenvalue weighted by Crippen LogP contribution is -2.26. The van der Waals surface area contributed by atoms with Crippen LogP contribution in [0.2, 0.25) is 5.02 Å². The minimum atomic E-state index is -0.0463. The predicted octanol–water partition coefficient (Wildman–Crippen LogP) is 2.87. The third-order valence-corrected chi connectivity index (χ3v) is 3.92. The molecule has 0 saturated carbocycles. The molecule has 0 saturated heterocycles. The van der Waals surface area contributed by atoms with Crippen LogP contribution in [0.25, 0.3) is 0 Å². The maximum absolute atomic E-state index is 11.7. The van der Waals surface area contributed by atoms with Crippen LogP contribution in [0.1, 0.15) is 17.9 Å². The summed E-state index contributed by atoms with van der Waals surface area (Å²) in [4.78, 5) is 11.7. The van der Waals surface area contributed by atoms with Crippen molar-refractivity contribution in [3.05, 3.63) is 40.7 Å². The number of carbonyl (C=O) groups is 1. The summed E-state index contributed by atoms with van der Waals surface area (Å²) < 4.78 is 5.18. The van der Waals surface area contributed by atoms with Gasteiger partial charge in [-0.2, -0.15) is 0 Å². The molecular weight excluding hydrogens is 310 g/mol. The molecule has 0 unspecified atom stereocenters. The summed E-state index contributed by atoms with van der Waals surface area (Å²) >= 11 is 7.30. The quantitative estimate of drug-likeness (QED) is 0.626. The predicted molar refractivity (Wildman–Crippen MR) is 82.5 cm³/mol. The SMILES string of the molecule is Cc1nnc(SCC(=O)NCCCc2ccccc2Cl)o1. The molecule has 0 aliphatic rings. The van der Waals surface area contributed by atoms with Crippen LogP contribution in [-0.2, 0) is 11.2 Å². The van der Waals surface area contributed by atoms with Gasteiger partial charge in [-0.1, -0.05) is 41.6 Å². The molecule has 0 bridgehead atoms. The molecule has 0 spiro atoms. The Morgan fingerprint density at radius 3 is 2.90 bits per heavy atom. The topological polar surface area (TPSA) is 68.0 Å². The van der Waals surface area contributed by atoms with Crippen LogP contribution in [0.5, 0.6) is 0 Å². The summed E-state index contributed by atoms with van der Waals surface area (Å²) in [6.07, 6.45) is 1.69. The molecule has 2 rings (SSSR count). The van der Waals surface area contributed by atoms with Crippen LogP contribution in [0.4, 0.5) is 0 Å². The number of rotatable bonds is 7. The first-order chi connectivity index (χ1) is 10.1. The van der Waals surface area contributed by atoms with Crippen LogP contribution >= 0.6 is 23.4 Å². The van der Waals surface area contributed by atoms with Gasteiger partial charge in [0.05, 0.1) is 5.75 Å². The Labute approximate surface area is 132 Å². The van der Waals surface area contributed by atoms with Crippen molar-refractivity contribution in [3.63, 3.8) is 0 Å². The van der Waals surface area contributed by atoms with Gasteiger partial charge in [0.2, 0.25) is 11.8 Å². The molecule has 2 aromatic rings. The number of hydrogen-bond acceptors (Lipinski definition) is 5. The molecule has 112 valence electrons.